The molecule has 1 saturated heterocycles. The van der Waals surface area contributed by atoms with Gasteiger partial charge in [-0.05, 0) is 69.2 Å². The van der Waals surface area contributed by atoms with Gasteiger partial charge in [-0.25, -0.2) is 4.79 Å². The number of imide groups is 1. The molecular formula is C22H20BrNO7S. The molecule has 2 amide bonds. The van der Waals surface area contributed by atoms with Gasteiger partial charge in [0.05, 0.1) is 35.2 Å². The number of nitrogens with zero attached hydrogens (tertiary/aromatic N) is 1. The van der Waals surface area contributed by atoms with Crippen molar-refractivity contribution in [2.45, 2.75) is 6.61 Å². The molecule has 0 unspecified atom stereocenters. The van der Waals surface area contributed by atoms with Crippen molar-refractivity contribution in [2.75, 3.05) is 27.4 Å². The van der Waals surface area contributed by atoms with Crippen LogP contribution in [0.3, 0.4) is 0 Å². The Morgan fingerprint density at radius 3 is 2.53 bits per heavy atom. The quantitative estimate of drug-likeness (QED) is 0.483. The summed E-state index contributed by atoms with van der Waals surface area (Å²) in [5.74, 6) is -0.460. The molecule has 32 heavy (non-hydrogen) atoms. The zero-order chi connectivity index (χ0) is 23.3. The van der Waals surface area contributed by atoms with Gasteiger partial charge >= 0.3 is 5.97 Å². The summed E-state index contributed by atoms with van der Waals surface area (Å²) in [5.41, 5.74) is 1.64. The lowest BCUT2D eigenvalue weighted by molar-refractivity contribution is -0.123. The van der Waals surface area contributed by atoms with Crippen LogP contribution in [0.4, 0.5) is 4.79 Å². The van der Waals surface area contributed by atoms with E-state index in [-0.39, 0.29) is 36.5 Å². The fourth-order valence-electron chi connectivity index (χ4n) is 2.89. The van der Waals surface area contributed by atoms with Gasteiger partial charge in [-0.1, -0.05) is 12.1 Å². The van der Waals surface area contributed by atoms with Gasteiger partial charge < -0.3 is 19.3 Å². The van der Waals surface area contributed by atoms with Crippen molar-refractivity contribution in [2.24, 2.45) is 0 Å². The smallest absolute Gasteiger partial charge is 0.335 e. The van der Waals surface area contributed by atoms with E-state index in [1.54, 1.807) is 30.3 Å². The van der Waals surface area contributed by atoms with Crippen molar-refractivity contribution in [3.8, 4) is 11.5 Å². The van der Waals surface area contributed by atoms with Crippen molar-refractivity contribution in [3.05, 3.63) is 62.5 Å². The third-order valence-corrected chi connectivity index (χ3v) is 6.02. The van der Waals surface area contributed by atoms with Crippen molar-refractivity contribution >= 4 is 50.9 Å². The summed E-state index contributed by atoms with van der Waals surface area (Å²) >= 11 is 4.34. The average molecular weight is 522 g/mol. The third-order valence-electron chi connectivity index (χ3n) is 4.53. The molecule has 1 aliphatic heterocycles. The molecular weight excluding hydrogens is 502 g/mol. The minimum Gasteiger partial charge on any atom is -0.493 e. The molecule has 168 valence electrons. The summed E-state index contributed by atoms with van der Waals surface area (Å²) in [4.78, 5) is 37.0. The summed E-state index contributed by atoms with van der Waals surface area (Å²) in [6, 6.07) is 9.84. The maximum Gasteiger partial charge on any atom is 0.335 e. The van der Waals surface area contributed by atoms with E-state index in [1.807, 2.05) is 0 Å². The molecule has 1 heterocycles. The van der Waals surface area contributed by atoms with E-state index in [4.69, 9.17) is 19.3 Å². The second kappa shape index (κ2) is 10.7. The molecule has 1 fully saturated rings. The molecule has 0 saturated carbocycles. The number of thioether (sulfide) groups is 1. The second-order valence-electron chi connectivity index (χ2n) is 6.65. The molecule has 10 heteroatoms. The lowest BCUT2D eigenvalue weighted by Crippen LogP contribution is -2.31. The van der Waals surface area contributed by atoms with Crippen LogP contribution in [0, 0.1) is 0 Å². The molecule has 0 spiro atoms. The molecule has 2 aromatic rings. The van der Waals surface area contributed by atoms with Crippen LogP contribution in [-0.2, 0) is 16.1 Å². The minimum atomic E-state index is -0.992. The van der Waals surface area contributed by atoms with Gasteiger partial charge in [0.15, 0.2) is 11.5 Å². The number of hydrogen-bond donors (Lipinski definition) is 1. The van der Waals surface area contributed by atoms with Crippen molar-refractivity contribution in [1.29, 1.82) is 0 Å². The Balaban J connectivity index is 1.77. The van der Waals surface area contributed by atoms with Gasteiger partial charge in [0, 0.05) is 7.11 Å². The first-order valence-corrected chi connectivity index (χ1v) is 11.0. The standard InChI is InChI=1S/C22H20BrNO7S/c1-29-8-7-24-20(25)18(32-22(24)28)11-14-9-16(23)19(17(10-14)30-2)31-12-13-3-5-15(6-4-13)21(26)27/h3-6,9-11H,7-8,12H2,1-2H3,(H,26,27)/b18-11+. The number of ether oxygens (including phenoxy) is 3. The number of amides is 2. The first-order valence-electron chi connectivity index (χ1n) is 9.41. The van der Waals surface area contributed by atoms with E-state index in [2.05, 4.69) is 15.9 Å². The first kappa shape index (κ1) is 23.8. The Hall–Kier alpha value is -2.82. The Morgan fingerprint density at radius 1 is 1.19 bits per heavy atom. The molecule has 2 aromatic carbocycles. The summed E-state index contributed by atoms with van der Waals surface area (Å²) in [7, 11) is 3.01. The summed E-state index contributed by atoms with van der Waals surface area (Å²) < 4.78 is 16.9. The highest BCUT2D eigenvalue weighted by atomic mass is 79.9. The number of carbonyl (C=O) groups is 3. The fraction of sp³-hybridized carbons (Fsp3) is 0.227. The zero-order valence-electron chi connectivity index (χ0n) is 17.3. The predicted molar refractivity (Wildman–Crippen MR) is 123 cm³/mol. The molecule has 1 N–H and O–H groups in total. The Kier molecular flexibility index (Phi) is 7.94. The molecule has 0 bridgehead atoms. The molecule has 0 aliphatic carbocycles. The highest BCUT2D eigenvalue weighted by Gasteiger charge is 2.34. The van der Waals surface area contributed by atoms with E-state index in [0.717, 1.165) is 22.2 Å². The summed E-state index contributed by atoms with van der Waals surface area (Å²) in [6.45, 7) is 0.675. The van der Waals surface area contributed by atoms with Crippen molar-refractivity contribution in [3.63, 3.8) is 0 Å². The number of methoxy groups -OCH3 is 2. The summed E-state index contributed by atoms with van der Waals surface area (Å²) in [5, 5.41) is 8.66. The Labute approximate surface area is 197 Å². The summed E-state index contributed by atoms with van der Waals surface area (Å²) in [6.07, 6.45) is 1.62. The predicted octanol–water partition coefficient (Wildman–Crippen LogP) is 4.42. The van der Waals surface area contributed by atoms with Crippen LogP contribution in [-0.4, -0.2) is 54.5 Å². The largest absolute Gasteiger partial charge is 0.493 e. The van der Waals surface area contributed by atoms with E-state index in [1.165, 1.54) is 26.4 Å². The van der Waals surface area contributed by atoms with E-state index < -0.39 is 5.97 Å². The highest BCUT2D eigenvalue weighted by Crippen LogP contribution is 2.39. The maximum atomic E-state index is 12.5. The van der Waals surface area contributed by atoms with Gasteiger partial charge in [-0.3, -0.25) is 14.5 Å². The monoisotopic (exact) mass is 521 g/mol. The molecule has 0 atom stereocenters. The average Bonchev–Trinajstić information content (AvgIpc) is 3.03. The van der Waals surface area contributed by atoms with Crippen LogP contribution in [0.15, 0.2) is 45.8 Å². The zero-order valence-corrected chi connectivity index (χ0v) is 19.7. The number of carboxylic acid groups (broad SMARTS) is 1. The highest BCUT2D eigenvalue weighted by molar-refractivity contribution is 9.10. The topological polar surface area (TPSA) is 102 Å². The Bertz CT molecular complexity index is 1070. The number of carboxylic acids is 1. The maximum absolute atomic E-state index is 12.5. The fourth-order valence-corrected chi connectivity index (χ4v) is 4.33. The number of benzene rings is 2. The number of hydrogen-bond acceptors (Lipinski definition) is 7. The number of halogens is 1. The van der Waals surface area contributed by atoms with E-state index in [9.17, 15) is 14.4 Å². The lowest BCUT2D eigenvalue weighted by Gasteiger charge is -2.14. The van der Waals surface area contributed by atoms with Gasteiger partial charge in [0.25, 0.3) is 11.1 Å². The molecule has 0 radical (unpaired) electrons. The van der Waals surface area contributed by atoms with Crippen LogP contribution in [0.25, 0.3) is 6.08 Å². The number of carbonyl (C=O) groups excluding carboxylic acids is 2. The SMILES string of the molecule is COCCN1C(=O)S/C(=C/c2cc(Br)c(OCc3ccc(C(=O)O)cc3)c(OC)c2)C1=O. The molecule has 1 aliphatic rings. The molecule has 3 rings (SSSR count). The minimum absolute atomic E-state index is 0.198. The van der Waals surface area contributed by atoms with Crippen LogP contribution in [0.5, 0.6) is 11.5 Å². The van der Waals surface area contributed by atoms with Gasteiger partial charge in [0.2, 0.25) is 0 Å². The second-order valence-corrected chi connectivity index (χ2v) is 8.50. The third kappa shape index (κ3) is 5.50. The lowest BCUT2D eigenvalue weighted by atomic mass is 10.1. The number of aromatic carboxylic acids is 1. The van der Waals surface area contributed by atoms with Crippen LogP contribution in [0.2, 0.25) is 0 Å². The van der Waals surface area contributed by atoms with Crippen molar-refractivity contribution in [1.82, 2.24) is 4.90 Å². The van der Waals surface area contributed by atoms with Crippen LogP contribution in [0.1, 0.15) is 21.5 Å². The molecule has 8 nitrogen and oxygen atoms in total. The van der Waals surface area contributed by atoms with Crippen LogP contribution < -0.4 is 9.47 Å². The van der Waals surface area contributed by atoms with Crippen LogP contribution >= 0.6 is 27.7 Å². The normalized spacial score (nSPS) is 14.8. The van der Waals surface area contributed by atoms with E-state index >= 15 is 0 Å². The Morgan fingerprint density at radius 2 is 1.91 bits per heavy atom. The van der Waals surface area contributed by atoms with Gasteiger partial charge in [-0.2, -0.15) is 0 Å². The number of rotatable bonds is 9. The van der Waals surface area contributed by atoms with Crippen molar-refractivity contribution < 1.29 is 33.7 Å². The van der Waals surface area contributed by atoms with E-state index in [0.29, 0.717) is 26.4 Å². The van der Waals surface area contributed by atoms with Gasteiger partial charge in [-0.15, -0.1) is 0 Å². The first-order chi connectivity index (χ1) is 15.3. The van der Waals surface area contributed by atoms with Gasteiger partial charge in [0.1, 0.15) is 6.61 Å². The molecule has 0 aromatic heterocycles.